The van der Waals surface area contributed by atoms with Gasteiger partial charge in [0.2, 0.25) is 5.95 Å². The third kappa shape index (κ3) is 6.55. The van der Waals surface area contributed by atoms with E-state index in [1.807, 2.05) is 0 Å². The van der Waals surface area contributed by atoms with Crippen LogP contribution < -0.4 is 21.1 Å². The molecule has 176 valence electrons. The van der Waals surface area contributed by atoms with Gasteiger partial charge in [0.15, 0.2) is 0 Å². The lowest BCUT2D eigenvalue weighted by Crippen LogP contribution is -2.21. The Bertz CT molecular complexity index is 1350. The number of benzene rings is 2. The van der Waals surface area contributed by atoms with Gasteiger partial charge in [0, 0.05) is 34.8 Å². The molecule has 2 aromatic carbocycles. The summed E-state index contributed by atoms with van der Waals surface area (Å²) in [6, 6.07) is 13.3. The van der Waals surface area contributed by atoms with Gasteiger partial charge in [-0.05, 0) is 55.3 Å². The molecule has 1 unspecified atom stereocenters. The molecule has 1 amide bonds. The summed E-state index contributed by atoms with van der Waals surface area (Å²) >= 11 is 0. The predicted molar refractivity (Wildman–Crippen MR) is 135 cm³/mol. The molecule has 3 rings (SSSR count). The number of aliphatic hydroxyl groups is 1. The van der Waals surface area contributed by atoms with Crippen LogP contribution in [0.2, 0.25) is 0 Å². The van der Waals surface area contributed by atoms with Gasteiger partial charge in [0.05, 0.1) is 28.1 Å². The van der Waals surface area contributed by atoms with Crippen LogP contribution in [0.25, 0.3) is 0 Å². The zero-order valence-electron chi connectivity index (χ0n) is 18.8. The van der Waals surface area contributed by atoms with E-state index in [0.717, 1.165) is 0 Å². The molecule has 0 aliphatic carbocycles. The molecule has 1 aromatic heterocycles. The van der Waals surface area contributed by atoms with Gasteiger partial charge in [-0.25, -0.2) is 9.19 Å². The van der Waals surface area contributed by atoms with Crippen LogP contribution in [0, 0.1) is 11.8 Å². The summed E-state index contributed by atoms with van der Waals surface area (Å²) in [5.41, 5.74) is 2.35. The van der Waals surface area contributed by atoms with E-state index in [9.17, 15) is 14.1 Å². The first-order valence-corrected chi connectivity index (χ1v) is 12.1. The molecule has 0 saturated heterocycles. The summed E-state index contributed by atoms with van der Waals surface area (Å²) in [6.45, 7) is 1.71. The lowest BCUT2D eigenvalue weighted by atomic mass is 10.1. The van der Waals surface area contributed by atoms with Crippen LogP contribution in [0.3, 0.4) is 0 Å². The minimum absolute atomic E-state index is 0.0985. The van der Waals surface area contributed by atoms with Crippen molar-refractivity contribution >= 4 is 38.9 Å². The third-order valence-electron chi connectivity index (χ3n) is 4.65. The number of amides is 1. The lowest BCUT2D eigenvalue weighted by Gasteiger charge is -2.14. The Balaban J connectivity index is 1.89. The SMILES string of the molecule is C=S(N)(=O)c1ccc(Nc2ncc(C#Cc3cccc(C(=O)NC)c3)c(N[C@H](C)CO)n2)cc1. The van der Waals surface area contributed by atoms with E-state index in [1.54, 1.807) is 68.7 Å². The molecular weight excluding hydrogens is 452 g/mol. The Labute approximate surface area is 199 Å². The number of rotatable bonds is 7. The second-order valence-corrected chi connectivity index (χ2v) is 9.39. The van der Waals surface area contributed by atoms with E-state index in [1.165, 1.54) is 0 Å². The van der Waals surface area contributed by atoms with Crippen molar-refractivity contribution in [3.8, 4) is 11.8 Å². The van der Waals surface area contributed by atoms with Gasteiger partial charge in [-0.3, -0.25) is 9.93 Å². The van der Waals surface area contributed by atoms with Crippen molar-refractivity contribution in [1.82, 2.24) is 15.3 Å². The highest BCUT2D eigenvalue weighted by atomic mass is 32.2. The van der Waals surface area contributed by atoms with Crippen LogP contribution in [0.15, 0.2) is 59.6 Å². The smallest absolute Gasteiger partial charge is 0.251 e. The van der Waals surface area contributed by atoms with Crippen LogP contribution in [-0.4, -0.2) is 50.8 Å². The summed E-state index contributed by atoms with van der Waals surface area (Å²) in [5.74, 6) is 10.1. The second kappa shape index (κ2) is 10.8. The van der Waals surface area contributed by atoms with Gasteiger partial charge in [-0.1, -0.05) is 17.9 Å². The third-order valence-corrected chi connectivity index (χ3v) is 5.72. The molecule has 0 fully saturated rings. The Morgan fingerprint density at radius 2 is 1.97 bits per heavy atom. The van der Waals surface area contributed by atoms with Crippen molar-refractivity contribution in [2.75, 3.05) is 24.3 Å². The Morgan fingerprint density at radius 3 is 2.62 bits per heavy atom. The van der Waals surface area contributed by atoms with Gasteiger partial charge in [0.1, 0.15) is 5.82 Å². The monoisotopic (exact) mass is 478 g/mol. The molecule has 6 N–H and O–H groups in total. The number of aliphatic hydroxyl groups excluding tert-OH is 1. The zero-order valence-corrected chi connectivity index (χ0v) is 19.6. The molecule has 0 spiro atoms. The fraction of sp³-hybridized carbons (Fsp3) is 0.167. The molecule has 34 heavy (non-hydrogen) atoms. The van der Waals surface area contributed by atoms with E-state index >= 15 is 0 Å². The summed E-state index contributed by atoms with van der Waals surface area (Å²) in [7, 11) is -1.22. The highest BCUT2D eigenvalue weighted by molar-refractivity contribution is 7.98. The maximum Gasteiger partial charge on any atom is 0.251 e. The summed E-state index contributed by atoms with van der Waals surface area (Å²) < 4.78 is 11.9. The number of carbonyl (C=O) groups excluding carboxylic acids is 1. The van der Waals surface area contributed by atoms with E-state index in [-0.39, 0.29) is 18.6 Å². The van der Waals surface area contributed by atoms with Crippen LogP contribution in [-0.2, 0) is 9.71 Å². The van der Waals surface area contributed by atoms with Crippen LogP contribution >= 0.6 is 0 Å². The fourth-order valence-electron chi connectivity index (χ4n) is 2.84. The molecule has 2 atom stereocenters. The highest BCUT2D eigenvalue weighted by Crippen LogP contribution is 2.19. The molecular formula is C24H26N6O3S. The van der Waals surface area contributed by atoms with Crippen molar-refractivity contribution in [2.24, 2.45) is 5.14 Å². The minimum atomic E-state index is -2.79. The van der Waals surface area contributed by atoms with Gasteiger partial charge in [-0.15, -0.1) is 0 Å². The number of carbonyl (C=O) groups is 1. The average molecular weight is 479 g/mol. The largest absolute Gasteiger partial charge is 0.394 e. The maximum atomic E-state index is 11.9. The first-order valence-electron chi connectivity index (χ1n) is 10.3. The highest BCUT2D eigenvalue weighted by Gasteiger charge is 2.10. The summed E-state index contributed by atoms with van der Waals surface area (Å²) in [4.78, 5) is 21.1. The number of nitrogens with two attached hydrogens (primary N) is 1. The van der Waals surface area contributed by atoms with Gasteiger partial charge in [-0.2, -0.15) is 4.98 Å². The zero-order chi connectivity index (χ0) is 24.7. The van der Waals surface area contributed by atoms with E-state index in [2.05, 4.69) is 43.6 Å². The van der Waals surface area contributed by atoms with Crippen LogP contribution in [0.4, 0.5) is 17.5 Å². The van der Waals surface area contributed by atoms with Crippen LogP contribution in [0.1, 0.15) is 28.4 Å². The predicted octanol–water partition coefficient (Wildman–Crippen LogP) is 1.72. The standard InChI is InChI=1S/C24H26N6O3S/c1-16(15-31)28-22-19(8-7-17-5-4-6-18(13-17)23(32)26-2)14-27-24(30-22)29-20-9-11-21(12-10-20)34(3,25)33/h4-6,9-14,16,31H,3,15H2,1-2H3,(H2,25,33)(H,26,32)(H2,27,28,29,30)/t16-,34?/m1/s1. The molecule has 1 heterocycles. The van der Waals surface area contributed by atoms with Crippen molar-refractivity contribution < 1.29 is 14.1 Å². The molecule has 10 heteroatoms. The van der Waals surface area contributed by atoms with Crippen molar-refractivity contribution in [3.63, 3.8) is 0 Å². The Morgan fingerprint density at radius 1 is 1.24 bits per heavy atom. The topological polar surface area (TPSA) is 142 Å². The van der Waals surface area contributed by atoms with E-state index in [4.69, 9.17) is 5.14 Å². The van der Waals surface area contributed by atoms with Crippen molar-refractivity contribution in [3.05, 3.63) is 71.4 Å². The summed E-state index contributed by atoms with van der Waals surface area (Å²) in [6.07, 6.45) is 1.56. The number of hydrogen-bond acceptors (Lipinski definition) is 7. The quantitative estimate of drug-likeness (QED) is 0.257. The molecule has 0 bridgehead atoms. The number of aromatic nitrogens is 2. The van der Waals surface area contributed by atoms with E-state index < -0.39 is 9.71 Å². The second-order valence-electron chi connectivity index (χ2n) is 7.47. The van der Waals surface area contributed by atoms with E-state index in [0.29, 0.717) is 39.0 Å². The van der Waals surface area contributed by atoms with Crippen molar-refractivity contribution in [2.45, 2.75) is 17.9 Å². The number of hydrogen-bond donors (Lipinski definition) is 5. The maximum absolute atomic E-state index is 11.9. The fourth-order valence-corrected chi connectivity index (χ4v) is 3.44. The first kappa shape index (κ1) is 24.7. The normalized spacial score (nSPS) is 13.1. The van der Waals surface area contributed by atoms with Gasteiger partial charge >= 0.3 is 0 Å². The Hall–Kier alpha value is -3.91. The lowest BCUT2D eigenvalue weighted by molar-refractivity contribution is 0.0963. The molecule has 3 aromatic rings. The summed E-state index contributed by atoms with van der Waals surface area (Å²) in [5, 5.41) is 23.8. The molecule has 0 aliphatic heterocycles. The number of nitrogens with one attached hydrogen (secondary N) is 3. The Kier molecular flexibility index (Phi) is 7.86. The molecule has 0 radical (unpaired) electrons. The molecule has 0 saturated carbocycles. The van der Waals surface area contributed by atoms with Gasteiger partial charge < -0.3 is 21.1 Å². The van der Waals surface area contributed by atoms with Crippen molar-refractivity contribution in [1.29, 1.82) is 0 Å². The number of nitrogens with zero attached hydrogens (tertiary/aromatic N) is 2. The minimum Gasteiger partial charge on any atom is -0.394 e. The van der Waals surface area contributed by atoms with Crippen LogP contribution in [0.5, 0.6) is 0 Å². The molecule has 0 aliphatic rings. The first-order chi connectivity index (χ1) is 16.2. The molecule has 9 nitrogen and oxygen atoms in total. The average Bonchev–Trinajstić information content (AvgIpc) is 2.83. The number of anilines is 3. The van der Waals surface area contributed by atoms with Gasteiger partial charge in [0.25, 0.3) is 5.91 Å².